The summed E-state index contributed by atoms with van der Waals surface area (Å²) in [5.41, 5.74) is -1.04. The molecule has 22 heteroatoms. The fourth-order valence-corrected chi connectivity index (χ4v) is 8.89. The molecule has 2 N–H and O–H groups in total. The zero-order valence-corrected chi connectivity index (χ0v) is 32.9. The predicted molar refractivity (Wildman–Crippen MR) is 189 cm³/mol. The van der Waals surface area contributed by atoms with Crippen molar-refractivity contribution in [2.24, 2.45) is 11.8 Å². The molecule has 4 rings (SSSR count). The molecular weight excluding hydrogens is 829 g/mol. The Labute approximate surface area is 324 Å². The maximum Gasteiger partial charge on any atom is 0.471 e. The number of esters is 1. The fraction of sp³-hybridized carbons (Fsp3) is 0.545. The molecule has 55 heavy (non-hydrogen) atoms. The van der Waals surface area contributed by atoms with Gasteiger partial charge in [0.25, 0.3) is 0 Å². The average molecular weight is 870 g/mol. The van der Waals surface area contributed by atoms with Gasteiger partial charge in [-0.1, -0.05) is 23.2 Å². The minimum atomic E-state index is -4.96. The molecule has 308 valence electrons. The number of halogens is 8. The highest BCUT2D eigenvalue weighted by molar-refractivity contribution is 7.89. The summed E-state index contributed by atoms with van der Waals surface area (Å²) < 4.78 is 132. The number of carbonyl (C=O) groups is 3. The summed E-state index contributed by atoms with van der Waals surface area (Å²) in [6, 6.07) is 9.58. The Morgan fingerprint density at radius 1 is 0.691 bits per heavy atom. The van der Waals surface area contributed by atoms with E-state index < -0.39 is 55.8 Å². The Morgan fingerprint density at radius 3 is 1.49 bits per heavy atom. The van der Waals surface area contributed by atoms with Crippen molar-refractivity contribution in [3.63, 3.8) is 0 Å². The lowest BCUT2D eigenvalue weighted by atomic mass is 9.98. The van der Waals surface area contributed by atoms with Gasteiger partial charge < -0.3 is 15.4 Å². The smallest absolute Gasteiger partial charge is 0.456 e. The Hall–Kier alpha value is -3.17. The molecule has 2 aromatic carbocycles. The molecule has 2 heterocycles. The quantitative estimate of drug-likeness (QED) is 0.237. The van der Waals surface area contributed by atoms with Crippen molar-refractivity contribution < 1.29 is 62.3 Å². The number of hydrogen-bond donors (Lipinski definition) is 2. The first-order valence-electron chi connectivity index (χ1n) is 16.7. The molecule has 2 amide bonds. The van der Waals surface area contributed by atoms with Crippen LogP contribution in [0.15, 0.2) is 52.3 Å². The van der Waals surface area contributed by atoms with Crippen LogP contribution in [0.25, 0.3) is 0 Å². The van der Waals surface area contributed by atoms with Crippen molar-refractivity contribution in [3.8, 4) is 0 Å². The molecule has 0 aromatic heterocycles. The third-order valence-corrected chi connectivity index (χ3v) is 12.8. The summed E-state index contributed by atoms with van der Waals surface area (Å²) in [6.45, 7) is 5.07. The summed E-state index contributed by atoms with van der Waals surface area (Å²) in [7, 11) is -7.73. The summed E-state index contributed by atoms with van der Waals surface area (Å²) in [6.07, 6.45) is -8.59. The molecule has 2 aliphatic heterocycles. The first-order chi connectivity index (χ1) is 25.2. The lowest BCUT2D eigenvalue weighted by Gasteiger charge is -2.31. The highest BCUT2D eigenvalue weighted by Crippen LogP contribution is 2.30. The zero-order chi connectivity index (χ0) is 41.6. The van der Waals surface area contributed by atoms with Crippen molar-refractivity contribution >= 4 is 61.0 Å². The number of ether oxygens (including phenoxy) is 1. The highest BCUT2D eigenvalue weighted by atomic mass is 35.5. The van der Waals surface area contributed by atoms with Gasteiger partial charge in [-0.15, -0.1) is 0 Å². The summed E-state index contributed by atoms with van der Waals surface area (Å²) in [4.78, 5) is 34.2. The number of rotatable bonds is 9. The van der Waals surface area contributed by atoms with Crippen LogP contribution in [-0.2, 0) is 34.4 Å². The molecule has 2 aliphatic rings. The Bertz CT molecular complexity index is 1890. The van der Waals surface area contributed by atoms with Crippen LogP contribution in [-0.4, -0.2) is 100 Å². The van der Waals surface area contributed by atoms with Crippen LogP contribution >= 0.6 is 23.2 Å². The number of alkyl halides is 6. The molecule has 0 saturated carbocycles. The Balaban J connectivity index is 0.000000305. The molecule has 0 spiro atoms. The maximum absolute atomic E-state index is 13.2. The summed E-state index contributed by atoms with van der Waals surface area (Å²) >= 11 is 11.7. The normalized spacial score (nSPS) is 17.1. The molecule has 0 bridgehead atoms. The van der Waals surface area contributed by atoms with E-state index in [0.29, 0.717) is 17.9 Å². The number of nitrogens with zero attached hydrogens (tertiary/aromatic N) is 2. The van der Waals surface area contributed by atoms with Gasteiger partial charge in [0, 0.05) is 49.3 Å². The Kier molecular flexibility index (Phi) is 15.5. The van der Waals surface area contributed by atoms with E-state index in [2.05, 4.69) is 0 Å². The lowest BCUT2D eigenvalue weighted by molar-refractivity contribution is -0.173. The SMILES string of the molecule is CC(C)(C)OC(=O)c1cc(Cl)ccc1S(=O)(=O)N1CCC(CNC(=O)C(F)(F)F)CC1.O=C(NCC1CCN(S(=O)(=O)c2ccc(Cl)cc2)CC1)C(F)(F)F. The minimum absolute atomic E-state index is 0.0330. The number of benzene rings is 2. The number of nitrogens with one attached hydrogen (secondary N) is 2. The zero-order valence-electron chi connectivity index (χ0n) is 29.8. The highest BCUT2D eigenvalue weighted by Gasteiger charge is 2.40. The van der Waals surface area contributed by atoms with E-state index >= 15 is 0 Å². The van der Waals surface area contributed by atoms with Crippen LogP contribution in [0.1, 0.15) is 56.8 Å². The second-order valence-electron chi connectivity index (χ2n) is 13.7. The van der Waals surface area contributed by atoms with Gasteiger partial charge in [-0.25, -0.2) is 21.6 Å². The number of sulfonamides is 2. The molecule has 2 saturated heterocycles. The van der Waals surface area contributed by atoms with Gasteiger partial charge >= 0.3 is 30.1 Å². The van der Waals surface area contributed by atoms with Gasteiger partial charge in [-0.2, -0.15) is 35.0 Å². The molecule has 0 radical (unpaired) electrons. The minimum Gasteiger partial charge on any atom is -0.456 e. The molecule has 12 nitrogen and oxygen atoms in total. The van der Waals surface area contributed by atoms with Crippen molar-refractivity contribution in [2.45, 2.75) is 74.2 Å². The summed E-state index contributed by atoms with van der Waals surface area (Å²) in [5.74, 6) is -5.32. The first kappa shape index (κ1) is 46.2. The van der Waals surface area contributed by atoms with Gasteiger partial charge in [-0.3, -0.25) is 9.59 Å². The van der Waals surface area contributed by atoms with Crippen LogP contribution in [0.3, 0.4) is 0 Å². The van der Waals surface area contributed by atoms with Gasteiger partial charge in [0.2, 0.25) is 20.0 Å². The monoisotopic (exact) mass is 868 g/mol. The van der Waals surface area contributed by atoms with Crippen molar-refractivity contribution in [3.05, 3.63) is 58.1 Å². The first-order valence-corrected chi connectivity index (χ1v) is 20.3. The van der Waals surface area contributed by atoms with Gasteiger partial charge in [-0.05, 0) is 101 Å². The van der Waals surface area contributed by atoms with Crippen molar-refractivity contribution in [1.29, 1.82) is 0 Å². The molecule has 0 unspecified atom stereocenters. The number of piperidine rings is 2. The fourth-order valence-electron chi connectivity index (χ4n) is 5.50. The standard InChI is InChI=1S/C19H24ClF3N2O5S.C14H16ClF3N2O3S/c1-18(2,3)30-16(26)14-10-13(20)4-5-15(14)31(28,29)25-8-6-12(7-9-25)11-24-17(27)19(21,22)23;15-11-1-3-12(4-2-11)24(22,23)20-7-5-10(6-8-20)9-19-13(21)14(16,17)18/h4-5,10,12H,6-9,11H2,1-3H3,(H,24,27);1-4,10H,5-9H2,(H,19,21). The maximum atomic E-state index is 13.2. The third-order valence-electron chi connectivity index (χ3n) is 8.39. The van der Waals surface area contributed by atoms with E-state index in [1.807, 2.05) is 10.6 Å². The molecule has 0 atom stereocenters. The van der Waals surface area contributed by atoms with E-state index in [1.165, 1.54) is 46.8 Å². The molecule has 0 aliphatic carbocycles. The number of amides is 2. The Morgan fingerprint density at radius 2 is 1.09 bits per heavy atom. The second kappa shape index (κ2) is 18.4. The van der Waals surface area contributed by atoms with Crippen LogP contribution in [0.4, 0.5) is 26.3 Å². The van der Waals surface area contributed by atoms with E-state index in [4.69, 9.17) is 27.9 Å². The third kappa shape index (κ3) is 13.5. The number of carbonyl (C=O) groups excluding carboxylic acids is 3. The average Bonchev–Trinajstić information content (AvgIpc) is 3.08. The largest absolute Gasteiger partial charge is 0.471 e. The van der Waals surface area contributed by atoms with Gasteiger partial charge in [0.05, 0.1) is 15.4 Å². The van der Waals surface area contributed by atoms with E-state index in [1.54, 1.807) is 20.8 Å². The lowest BCUT2D eigenvalue weighted by Crippen LogP contribution is -2.44. The predicted octanol–water partition coefficient (Wildman–Crippen LogP) is 5.79. The molecular formula is C33H40Cl2F6N4O8S2. The molecule has 2 aromatic rings. The topological polar surface area (TPSA) is 159 Å². The molecule has 2 fully saturated rings. The van der Waals surface area contributed by atoms with Crippen LogP contribution < -0.4 is 10.6 Å². The number of hydrogen-bond acceptors (Lipinski definition) is 8. The van der Waals surface area contributed by atoms with Gasteiger partial charge in [0.1, 0.15) is 5.60 Å². The van der Waals surface area contributed by atoms with Crippen molar-refractivity contribution in [1.82, 2.24) is 19.2 Å². The van der Waals surface area contributed by atoms with E-state index in [9.17, 15) is 57.6 Å². The van der Waals surface area contributed by atoms with E-state index in [0.717, 1.165) is 4.31 Å². The van der Waals surface area contributed by atoms with Crippen molar-refractivity contribution in [2.75, 3.05) is 39.3 Å². The van der Waals surface area contributed by atoms with E-state index in [-0.39, 0.29) is 84.3 Å². The van der Waals surface area contributed by atoms with Crippen LogP contribution in [0, 0.1) is 11.8 Å². The second-order valence-corrected chi connectivity index (χ2v) is 18.4. The van der Waals surface area contributed by atoms with Gasteiger partial charge in [0.15, 0.2) is 0 Å². The summed E-state index contributed by atoms with van der Waals surface area (Å²) in [5, 5.41) is 4.25. The van der Waals surface area contributed by atoms with Crippen LogP contribution in [0.2, 0.25) is 10.0 Å². The van der Waals surface area contributed by atoms with Crippen LogP contribution in [0.5, 0.6) is 0 Å².